The molecule has 1 saturated heterocycles. The van der Waals surface area contributed by atoms with Gasteiger partial charge in [0, 0.05) is 6.42 Å². The average molecular weight is 232 g/mol. The van der Waals surface area contributed by atoms with E-state index in [4.69, 9.17) is 5.73 Å². The van der Waals surface area contributed by atoms with Crippen LogP contribution < -0.4 is 10.6 Å². The second kappa shape index (κ2) is 4.30. The summed E-state index contributed by atoms with van der Waals surface area (Å²) in [7, 11) is 0. The second-order valence-corrected chi connectivity index (χ2v) is 4.50. The van der Waals surface area contributed by atoms with E-state index in [1.807, 2.05) is 26.0 Å². The van der Waals surface area contributed by atoms with E-state index in [1.165, 1.54) is 4.90 Å². The molecule has 0 saturated carbocycles. The van der Waals surface area contributed by atoms with Gasteiger partial charge < -0.3 is 5.73 Å². The van der Waals surface area contributed by atoms with Gasteiger partial charge in [0.1, 0.15) is 0 Å². The number of aryl methyl sites for hydroxylation is 2. The molecule has 0 aromatic heterocycles. The molecule has 4 heteroatoms. The molecule has 1 fully saturated rings. The fourth-order valence-corrected chi connectivity index (χ4v) is 2.11. The number of carbonyl (C=O) groups excluding carboxylic acids is 2. The minimum atomic E-state index is -0.562. The highest BCUT2D eigenvalue weighted by molar-refractivity contribution is 6.18. The van der Waals surface area contributed by atoms with Crippen LogP contribution in [-0.4, -0.2) is 17.9 Å². The molecule has 2 amide bonds. The zero-order valence-corrected chi connectivity index (χ0v) is 10.1. The van der Waals surface area contributed by atoms with Crippen LogP contribution in [-0.2, 0) is 9.59 Å². The van der Waals surface area contributed by atoms with Gasteiger partial charge in [-0.1, -0.05) is 17.7 Å². The molecule has 90 valence electrons. The Morgan fingerprint density at radius 1 is 1.29 bits per heavy atom. The molecule has 0 bridgehead atoms. The van der Waals surface area contributed by atoms with Gasteiger partial charge in [-0.3, -0.25) is 9.59 Å². The van der Waals surface area contributed by atoms with Gasteiger partial charge in [0.15, 0.2) is 0 Å². The first-order chi connectivity index (χ1) is 8.00. The first-order valence-corrected chi connectivity index (χ1v) is 5.70. The van der Waals surface area contributed by atoms with Gasteiger partial charge in [0.2, 0.25) is 5.91 Å². The molecule has 1 unspecified atom stereocenters. The molecule has 1 aromatic rings. The summed E-state index contributed by atoms with van der Waals surface area (Å²) in [6.07, 6.45) is 0.777. The van der Waals surface area contributed by atoms with Crippen molar-refractivity contribution in [2.24, 2.45) is 5.73 Å². The third-order valence-corrected chi connectivity index (χ3v) is 3.05. The molecule has 4 nitrogen and oxygen atoms in total. The van der Waals surface area contributed by atoms with Crippen molar-refractivity contribution in [1.82, 2.24) is 0 Å². The van der Waals surface area contributed by atoms with Crippen LogP contribution in [0.3, 0.4) is 0 Å². The minimum absolute atomic E-state index is 0.163. The Hall–Kier alpha value is -1.68. The summed E-state index contributed by atoms with van der Waals surface area (Å²) in [6.45, 7) is 3.87. The summed E-state index contributed by atoms with van der Waals surface area (Å²) in [6, 6.07) is 5.09. The summed E-state index contributed by atoms with van der Waals surface area (Å²) < 4.78 is 0. The predicted octanol–water partition coefficient (Wildman–Crippen LogP) is 1.28. The van der Waals surface area contributed by atoms with Crippen molar-refractivity contribution in [2.45, 2.75) is 32.7 Å². The molecule has 1 aliphatic rings. The average Bonchev–Trinajstić information content (AvgIpc) is 2.27. The number of nitrogens with two attached hydrogens (primary N) is 1. The number of imide groups is 1. The molecule has 1 aromatic carbocycles. The number of anilines is 1. The van der Waals surface area contributed by atoms with Gasteiger partial charge in [-0.2, -0.15) is 0 Å². The molecule has 0 spiro atoms. The van der Waals surface area contributed by atoms with Crippen LogP contribution in [0.15, 0.2) is 18.2 Å². The number of hydrogen-bond acceptors (Lipinski definition) is 3. The van der Waals surface area contributed by atoms with Gasteiger partial charge in [0.05, 0.1) is 11.7 Å². The third-order valence-electron chi connectivity index (χ3n) is 3.05. The predicted molar refractivity (Wildman–Crippen MR) is 65.6 cm³/mol. The van der Waals surface area contributed by atoms with E-state index in [-0.39, 0.29) is 11.8 Å². The maximum absolute atomic E-state index is 12.0. The van der Waals surface area contributed by atoms with Gasteiger partial charge in [-0.25, -0.2) is 4.90 Å². The second-order valence-electron chi connectivity index (χ2n) is 4.50. The van der Waals surface area contributed by atoms with Gasteiger partial charge in [0.25, 0.3) is 5.91 Å². The Kier molecular flexibility index (Phi) is 2.98. The Balaban J connectivity index is 2.43. The standard InChI is InChI=1S/C13H16N2O2/c1-8-3-5-11(9(2)7-8)15-12(16)6-4-10(14)13(15)17/h3,5,7,10H,4,6,14H2,1-2H3. The lowest BCUT2D eigenvalue weighted by atomic mass is 10.0. The zero-order valence-electron chi connectivity index (χ0n) is 10.1. The molecule has 17 heavy (non-hydrogen) atoms. The van der Waals surface area contributed by atoms with E-state index < -0.39 is 6.04 Å². The van der Waals surface area contributed by atoms with Gasteiger partial charge >= 0.3 is 0 Å². The maximum Gasteiger partial charge on any atom is 0.250 e. The number of amides is 2. The molecule has 2 rings (SSSR count). The highest BCUT2D eigenvalue weighted by Gasteiger charge is 2.33. The minimum Gasteiger partial charge on any atom is -0.320 e. The first kappa shape index (κ1) is 11.8. The van der Waals surface area contributed by atoms with Crippen LogP contribution in [0.2, 0.25) is 0 Å². The van der Waals surface area contributed by atoms with E-state index in [1.54, 1.807) is 6.07 Å². The first-order valence-electron chi connectivity index (χ1n) is 5.70. The molecule has 1 heterocycles. The molecular weight excluding hydrogens is 216 g/mol. The Morgan fingerprint density at radius 2 is 2.00 bits per heavy atom. The molecule has 1 aliphatic heterocycles. The lowest BCUT2D eigenvalue weighted by Gasteiger charge is -2.29. The number of benzene rings is 1. The van der Waals surface area contributed by atoms with Crippen LogP contribution >= 0.6 is 0 Å². The number of piperidine rings is 1. The summed E-state index contributed by atoms with van der Waals surface area (Å²) in [5, 5.41) is 0. The lowest BCUT2D eigenvalue weighted by molar-refractivity contribution is -0.130. The van der Waals surface area contributed by atoms with Crippen molar-refractivity contribution in [3.8, 4) is 0 Å². The molecule has 0 radical (unpaired) electrons. The quantitative estimate of drug-likeness (QED) is 0.742. The van der Waals surface area contributed by atoms with E-state index in [0.717, 1.165) is 11.1 Å². The highest BCUT2D eigenvalue weighted by Crippen LogP contribution is 2.25. The lowest BCUT2D eigenvalue weighted by Crippen LogP contribution is -2.51. The van der Waals surface area contributed by atoms with Crippen LogP contribution in [0.1, 0.15) is 24.0 Å². The van der Waals surface area contributed by atoms with Crippen molar-refractivity contribution in [2.75, 3.05) is 4.90 Å². The number of hydrogen-bond donors (Lipinski definition) is 1. The number of nitrogens with zero attached hydrogens (tertiary/aromatic N) is 1. The molecular formula is C13H16N2O2. The monoisotopic (exact) mass is 232 g/mol. The topological polar surface area (TPSA) is 63.4 Å². The van der Waals surface area contributed by atoms with Crippen LogP contribution in [0.4, 0.5) is 5.69 Å². The molecule has 2 N–H and O–H groups in total. The summed E-state index contributed by atoms with van der Waals surface area (Å²) >= 11 is 0. The van der Waals surface area contributed by atoms with Gasteiger partial charge in [-0.05, 0) is 31.9 Å². The van der Waals surface area contributed by atoms with E-state index in [2.05, 4.69) is 0 Å². The Morgan fingerprint density at radius 3 is 2.65 bits per heavy atom. The van der Waals surface area contributed by atoms with Crippen LogP contribution in [0, 0.1) is 13.8 Å². The van der Waals surface area contributed by atoms with E-state index >= 15 is 0 Å². The Labute approximate surface area is 100 Å². The van der Waals surface area contributed by atoms with Crippen LogP contribution in [0.25, 0.3) is 0 Å². The maximum atomic E-state index is 12.0. The molecule has 0 aliphatic carbocycles. The van der Waals surface area contributed by atoms with E-state index in [9.17, 15) is 9.59 Å². The van der Waals surface area contributed by atoms with E-state index in [0.29, 0.717) is 18.5 Å². The summed E-state index contributed by atoms with van der Waals surface area (Å²) in [5.41, 5.74) is 8.38. The van der Waals surface area contributed by atoms with Crippen molar-refractivity contribution >= 4 is 17.5 Å². The van der Waals surface area contributed by atoms with Crippen molar-refractivity contribution < 1.29 is 9.59 Å². The smallest absolute Gasteiger partial charge is 0.250 e. The Bertz CT molecular complexity index is 482. The van der Waals surface area contributed by atoms with Crippen molar-refractivity contribution in [1.29, 1.82) is 0 Å². The largest absolute Gasteiger partial charge is 0.320 e. The molecule has 1 atom stereocenters. The van der Waals surface area contributed by atoms with Gasteiger partial charge in [-0.15, -0.1) is 0 Å². The fourth-order valence-electron chi connectivity index (χ4n) is 2.11. The third kappa shape index (κ3) is 2.08. The normalized spacial score (nSPS) is 20.9. The highest BCUT2D eigenvalue weighted by atomic mass is 16.2. The SMILES string of the molecule is Cc1ccc(N2C(=O)CCC(N)C2=O)c(C)c1. The fraction of sp³-hybridized carbons (Fsp3) is 0.385. The summed E-state index contributed by atoms with van der Waals surface area (Å²) in [4.78, 5) is 25.0. The number of carbonyl (C=O) groups is 2. The number of rotatable bonds is 1. The zero-order chi connectivity index (χ0) is 12.6. The van der Waals surface area contributed by atoms with Crippen LogP contribution in [0.5, 0.6) is 0 Å². The summed E-state index contributed by atoms with van der Waals surface area (Å²) in [5.74, 6) is -0.461. The van der Waals surface area contributed by atoms with Crippen molar-refractivity contribution in [3.05, 3.63) is 29.3 Å². The van der Waals surface area contributed by atoms with Crippen molar-refractivity contribution in [3.63, 3.8) is 0 Å².